The van der Waals surface area contributed by atoms with Gasteiger partial charge in [-0.2, -0.15) is 0 Å². The lowest BCUT2D eigenvalue weighted by atomic mass is 9.76. The van der Waals surface area contributed by atoms with E-state index in [9.17, 15) is 17.6 Å². The normalized spacial score (nSPS) is 47.1. The lowest BCUT2D eigenvalue weighted by Gasteiger charge is -2.36. The van der Waals surface area contributed by atoms with Gasteiger partial charge in [0.25, 0.3) is 5.92 Å². The summed E-state index contributed by atoms with van der Waals surface area (Å²) in [7, 11) is 0. The van der Waals surface area contributed by atoms with E-state index in [-0.39, 0.29) is 18.3 Å². The highest BCUT2D eigenvalue weighted by atomic mass is 19.3. The molecule has 0 radical (unpaired) electrons. The predicted octanol–water partition coefficient (Wildman–Crippen LogP) is 4.92. The van der Waals surface area contributed by atoms with E-state index in [2.05, 4.69) is 0 Å². The first-order chi connectivity index (χ1) is 9.01. The van der Waals surface area contributed by atoms with Crippen LogP contribution in [-0.2, 0) is 0 Å². The van der Waals surface area contributed by atoms with Crippen LogP contribution >= 0.6 is 0 Å². The van der Waals surface area contributed by atoms with Gasteiger partial charge in [-0.1, -0.05) is 19.3 Å². The van der Waals surface area contributed by atoms with E-state index in [1.807, 2.05) is 0 Å². The molecule has 0 saturated heterocycles. The topological polar surface area (TPSA) is 0 Å². The molecule has 5 atom stereocenters. The highest BCUT2D eigenvalue weighted by Crippen LogP contribution is 2.59. The van der Waals surface area contributed by atoms with Crippen molar-refractivity contribution in [2.75, 3.05) is 0 Å². The van der Waals surface area contributed by atoms with Gasteiger partial charge in [0, 0.05) is 5.92 Å². The van der Waals surface area contributed by atoms with Crippen molar-refractivity contribution in [3.63, 3.8) is 0 Å². The van der Waals surface area contributed by atoms with Crippen molar-refractivity contribution < 1.29 is 17.6 Å². The summed E-state index contributed by atoms with van der Waals surface area (Å²) < 4.78 is 56.4. The minimum atomic E-state index is -3.00. The van der Waals surface area contributed by atoms with E-state index in [4.69, 9.17) is 0 Å². The molecule has 3 aliphatic rings. The van der Waals surface area contributed by atoms with Gasteiger partial charge < -0.3 is 0 Å². The molecule has 0 aromatic carbocycles. The highest BCUT2D eigenvalue weighted by Gasteiger charge is 2.63. The monoisotopic (exact) mass is 278 g/mol. The molecule has 0 bridgehead atoms. The summed E-state index contributed by atoms with van der Waals surface area (Å²) in [6.45, 7) is 0. The second kappa shape index (κ2) is 4.92. The number of fused-ring (bicyclic) bond motifs is 1. The molecule has 110 valence electrons. The third-order valence-electron chi connectivity index (χ3n) is 5.72. The fourth-order valence-corrected chi connectivity index (χ4v) is 4.76. The summed E-state index contributed by atoms with van der Waals surface area (Å²) in [6, 6.07) is 0. The van der Waals surface area contributed by atoms with E-state index >= 15 is 0 Å². The van der Waals surface area contributed by atoms with E-state index in [0.29, 0.717) is 12.8 Å². The molecule has 3 saturated carbocycles. The third kappa shape index (κ3) is 2.19. The van der Waals surface area contributed by atoms with E-state index in [1.54, 1.807) is 0 Å². The Bertz CT molecular complexity index is 324. The Morgan fingerprint density at radius 1 is 0.789 bits per heavy atom. The zero-order valence-corrected chi connectivity index (χ0v) is 11.1. The van der Waals surface area contributed by atoms with Gasteiger partial charge in [0.15, 0.2) is 0 Å². The SMILES string of the molecule is FC1CCC2CC(C3CCCCC3)C(F)(F)C2C1F. The zero-order chi connectivity index (χ0) is 13.6. The maximum atomic E-state index is 14.5. The maximum Gasteiger partial charge on any atom is 0.257 e. The van der Waals surface area contributed by atoms with Crippen LogP contribution in [0.2, 0.25) is 0 Å². The van der Waals surface area contributed by atoms with Crippen LogP contribution in [0.15, 0.2) is 0 Å². The fourth-order valence-electron chi connectivity index (χ4n) is 4.76. The second-order valence-electron chi connectivity index (χ2n) is 6.74. The van der Waals surface area contributed by atoms with Gasteiger partial charge in [0.1, 0.15) is 12.3 Å². The smallest absolute Gasteiger partial charge is 0.244 e. The van der Waals surface area contributed by atoms with Gasteiger partial charge in [-0.15, -0.1) is 0 Å². The van der Waals surface area contributed by atoms with Gasteiger partial charge in [0.2, 0.25) is 0 Å². The Morgan fingerprint density at radius 2 is 1.47 bits per heavy atom. The largest absolute Gasteiger partial charge is 0.257 e. The molecule has 0 amide bonds. The Hall–Kier alpha value is -0.280. The molecule has 0 spiro atoms. The van der Waals surface area contributed by atoms with Crippen LogP contribution in [0, 0.1) is 23.7 Å². The fraction of sp³-hybridized carbons (Fsp3) is 1.00. The van der Waals surface area contributed by atoms with Crippen molar-refractivity contribution in [2.24, 2.45) is 23.7 Å². The number of alkyl halides is 4. The molecule has 0 N–H and O–H groups in total. The quantitative estimate of drug-likeness (QED) is 0.597. The highest BCUT2D eigenvalue weighted by molar-refractivity contribution is 5.05. The van der Waals surface area contributed by atoms with Crippen molar-refractivity contribution in [3.05, 3.63) is 0 Å². The Kier molecular flexibility index (Phi) is 3.55. The van der Waals surface area contributed by atoms with Gasteiger partial charge in [-0.3, -0.25) is 0 Å². The summed E-state index contributed by atoms with van der Waals surface area (Å²) in [4.78, 5) is 0. The minimum absolute atomic E-state index is 0.0274. The predicted molar refractivity (Wildman–Crippen MR) is 65.6 cm³/mol. The third-order valence-corrected chi connectivity index (χ3v) is 5.72. The first-order valence-corrected chi connectivity index (χ1v) is 7.67. The summed E-state index contributed by atoms with van der Waals surface area (Å²) >= 11 is 0. The molecule has 0 aliphatic heterocycles. The molecule has 0 aromatic heterocycles. The van der Waals surface area contributed by atoms with Crippen LogP contribution in [-0.4, -0.2) is 18.3 Å². The van der Waals surface area contributed by atoms with Gasteiger partial charge in [0.05, 0.1) is 5.92 Å². The van der Waals surface area contributed by atoms with Crippen LogP contribution in [0.25, 0.3) is 0 Å². The standard InChI is InChI=1S/C15H22F4/c16-12-7-6-10-8-11(9-4-2-1-3-5-9)15(18,19)13(10)14(12)17/h9-14H,1-8H2. The Morgan fingerprint density at radius 3 is 2.16 bits per heavy atom. The summed E-state index contributed by atoms with van der Waals surface area (Å²) in [6.07, 6.45) is 2.16. The molecule has 3 fully saturated rings. The number of hydrogen-bond donors (Lipinski definition) is 0. The van der Waals surface area contributed by atoms with Gasteiger partial charge in [-0.05, 0) is 43.9 Å². The molecule has 4 heteroatoms. The summed E-state index contributed by atoms with van der Waals surface area (Å²) in [5.74, 6) is -5.34. The van der Waals surface area contributed by atoms with Crippen LogP contribution in [0.5, 0.6) is 0 Å². The number of halogens is 4. The Balaban J connectivity index is 1.80. The molecule has 3 aliphatic carbocycles. The molecule has 5 unspecified atom stereocenters. The molecule has 0 aromatic rings. The van der Waals surface area contributed by atoms with Gasteiger partial charge in [-0.25, -0.2) is 17.6 Å². The van der Waals surface area contributed by atoms with Crippen molar-refractivity contribution in [1.82, 2.24) is 0 Å². The molecular weight excluding hydrogens is 256 g/mol. The van der Waals surface area contributed by atoms with Crippen molar-refractivity contribution in [1.29, 1.82) is 0 Å². The van der Waals surface area contributed by atoms with E-state index in [1.165, 1.54) is 0 Å². The molecule has 0 heterocycles. The van der Waals surface area contributed by atoms with Crippen LogP contribution in [0.1, 0.15) is 51.4 Å². The average Bonchev–Trinajstić information content (AvgIpc) is 2.67. The van der Waals surface area contributed by atoms with E-state index < -0.39 is 30.1 Å². The minimum Gasteiger partial charge on any atom is -0.244 e. The molecule has 3 rings (SSSR count). The number of hydrogen-bond acceptors (Lipinski definition) is 0. The molecule has 0 nitrogen and oxygen atoms in total. The number of rotatable bonds is 1. The Labute approximate surface area is 111 Å². The first-order valence-electron chi connectivity index (χ1n) is 7.67. The van der Waals surface area contributed by atoms with Crippen LogP contribution in [0.3, 0.4) is 0 Å². The lowest BCUT2D eigenvalue weighted by Crippen LogP contribution is -2.45. The van der Waals surface area contributed by atoms with Crippen molar-refractivity contribution in [2.45, 2.75) is 69.6 Å². The average molecular weight is 278 g/mol. The first kappa shape index (κ1) is 13.7. The van der Waals surface area contributed by atoms with Crippen molar-refractivity contribution in [3.8, 4) is 0 Å². The van der Waals surface area contributed by atoms with Crippen LogP contribution in [0.4, 0.5) is 17.6 Å². The molecule has 19 heavy (non-hydrogen) atoms. The zero-order valence-electron chi connectivity index (χ0n) is 11.1. The lowest BCUT2D eigenvalue weighted by molar-refractivity contribution is -0.138. The van der Waals surface area contributed by atoms with Crippen LogP contribution < -0.4 is 0 Å². The second-order valence-corrected chi connectivity index (χ2v) is 6.74. The molecular formula is C15H22F4. The van der Waals surface area contributed by atoms with E-state index in [0.717, 1.165) is 32.1 Å². The maximum absolute atomic E-state index is 14.5. The summed E-state index contributed by atoms with van der Waals surface area (Å²) in [5, 5.41) is 0. The van der Waals surface area contributed by atoms with Gasteiger partial charge >= 0.3 is 0 Å². The van der Waals surface area contributed by atoms with Crippen molar-refractivity contribution >= 4 is 0 Å². The summed E-state index contributed by atoms with van der Waals surface area (Å²) in [5.41, 5.74) is 0.